The van der Waals surface area contributed by atoms with Crippen LogP contribution in [0.15, 0.2) is 22.8 Å². The number of methoxy groups -OCH3 is 1. The summed E-state index contributed by atoms with van der Waals surface area (Å²) in [5.74, 6) is 1.07. The minimum Gasteiger partial charge on any atom is -0.468 e. The average molecular weight is 266 g/mol. The summed E-state index contributed by atoms with van der Waals surface area (Å²) in [5.41, 5.74) is 0. The summed E-state index contributed by atoms with van der Waals surface area (Å²) < 4.78 is 10.5. The van der Waals surface area contributed by atoms with Gasteiger partial charge in [0.15, 0.2) is 0 Å². The van der Waals surface area contributed by atoms with E-state index in [1.54, 1.807) is 13.4 Å². The van der Waals surface area contributed by atoms with Crippen molar-refractivity contribution in [3.8, 4) is 0 Å². The fraction of sp³-hybridized carbons (Fsp3) is 0.733. The van der Waals surface area contributed by atoms with Crippen molar-refractivity contribution in [2.75, 3.05) is 26.8 Å². The Morgan fingerprint density at radius 1 is 1.53 bits per heavy atom. The van der Waals surface area contributed by atoms with Crippen LogP contribution in [0.3, 0.4) is 0 Å². The van der Waals surface area contributed by atoms with E-state index in [-0.39, 0.29) is 0 Å². The normalized spacial score (nSPS) is 17.0. The highest BCUT2D eigenvalue weighted by atomic mass is 16.5. The Bertz CT molecular complexity index is 336. The maximum Gasteiger partial charge on any atom is 0.117 e. The van der Waals surface area contributed by atoms with E-state index in [4.69, 9.17) is 9.15 Å². The minimum atomic E-state index is 0.542. The molecule has 1 N–H and O–H groups in total. The largest absolute Gasteiger partial charge is 0.468 e. The van der Waals surface area contributed by atoms with Gasteiger partial charge in [0.25, 0.3) is 0 Å². The molecule has 0 bridgehead atoms. The first-order valence-electron chi connectivity index (χ1n) is 7.29. The molecule has 1 saturated carbocycles. The summed E-state index contributed by atoms with van der Waals surface area (Å²) in [6, 6.07) is 5.32. The second-order valence-electron chi connectivity index (χ2n) is 5.38. The molecule has 1 atom stereocenters. The van der Waals surface area contributed by atoms with Crippen LogP contribution in [0.2, 0.25) is 0 Å². The lowest BCUT2D eigenvalue weighted by Crippen LogP contribution is -2.41. The number of nitrogens with one attached hydrogen (secondary N) is 1. The van der Waals surface area contributed by atoms with Gasteiger partial charge >= 0.3 is 0 Å². The van der Waals surface area contributed by atoms with Crippen molar-refractivity contribution in [1.29, 1.82) is 0 Å². The van der Waals surface area contributed by atoms with Gasteiger partial charge in [-0.2, -0.15) is 0 Å². The first-order valence-corrected chi connectivity index (χ1v) is 7.29. The molecule has 1 aromatic heterocycles. The van der Waals surface area contributed by atoms with Crippen molar-refractivity contribution in [2.24, 2.45) is 0 Å². The fourth-order valence-corrected chi connectivity index (χ4v) is 2.40. The second kappa shape index (κ2) is 7.68. The average Bonchev–Trinajstić information content (AvgIpc) is 3.12. The molecule has 0 spiro atoms. The Morgan fingerprint density at radius 3 is 3.00 bits per heavy atom. The molecule has 0 aromatic carbocycles. The Kier molecular flexibility index (Phi) is 5.89. The number of ether oxygens (including phenoxy) is 1. The molecule has 2 rings (SSSR count). The third kappa shape index (κ3) is 4.97. The van der Waals surface area contributed by atoms with Gasteiger partial charge in [0, 0.05) is 32.3 Å². The Morgan fingerprint density at radius 2 is 2.37 bits per heavy atom. The lowest BCUT2D eigenvalue weighted by atomic mass is 10.2. The smallest absolute Gasteiger partial charge is 0.117 e. The molecule has 19 heavy (non-hydrogen) atoms. The van der Waals surface area contributed by atoms with Crippen LogP contribution in [-0.4, -0.2) is 43.8 Å². The number of hydrogen-bond acceptors (Lipinski definition) is 4. The quantitative estimate of drug-likeness (QED) is 0.659. The summed E-state index contributed by atoms with van der Waals surface area (Å²) in [4.78, 5) is 2.56. The summed E-state index contributed by atoms with van der Waals surface area (Å²) in [5, 5.41) is 3.51. The van der Waals surface area contributed by atoms with Crippen molar-refractivity contribution >= 4 is 0 Å². The monoisotopic (exact) mass is 266 g/mol. The zero-order chi connectivity index (χ0) is 13.5. The van der Waals surface area contributed by atoms with Gasteiger partial charge in [0.05, 0.1) is 12.8 Å². The van der Waals surface area contributed by atoms with E-state index in [0.717, 1.165) is 44.5 Å². The van der Waals surface area contributed by atoms with Gasteiger partial charge < -0.3 is 14.5 Å². The number of furan rings is 1. The molecule has 0 radical (unpaired) electrons. The third-order valence-electron chi connectivity index (χ3n) is 3.64. The summed E-state index contributed by atoms with van der Waals surface area (Å²) in [6.07, 6.45) is 5.49. The van der Waals surface area contributed by atoms with E-state index in [0.29, 0.717) is 6.04 Å². The zero-order valence-corrected chi connectivity index (χ0v) is 12.1. The van der Waals surface area contributed by atoms with Crippen LogP contribution in [0.25, 0.3) is 0 Å². The van der Waals surface area contributed by atoms with Gasteiger partial charge in [0.1, 0.15) is 5.76 Å². The maximum absolute atomic E-state index is 5.47. The molecule has 4 heteroatoms. The van der Waals surface area contributed by atoms with Gasteiger partial charge in [-0.3, -0.25) is 4.90 Å². The zero-order valence-electron chi connectivity index (χ0n) is 12.1. The number of rotatable bonds is 10. The predicted octanol–water partition coefficient (Wildman–Crippen LogP) is 2.26. The molecular weight excluding hydrogens is 240 g/mol. The fourth-order valence-electron chi connectivity index (χ4n) is 2.40. The van der Waals surface area contributed by atoms with Crippen molar-refractivity contribution in [3.63, 3.8) is 0 Å². The van der Waals surface area contributed by atoms with E-state index >= 15 is 0 Å². The molecule has 0 saturated heterocycles. The maximum atomic E-state index is 5.47. The summed E-state index contributed by atoms with van der Waals surface area (Å²) >= 11 is 0. The van der Waals surface area contributed by atoms with Crippen LogP contribution in [0, 0.1) is 0 Å². The van der Waals surface area contributed by atoms with Crippen LogP contribution in [0.4, 0.5) is 0 Å². The summed E-state index contributed by atoms with van der Waals surface area (Å²) in [7, 11) is 1.75. The third-order valence-corrected chi connectivity index (χ3v) is 3.64. The SMILES string of the molecule is COCCCNCC(C)N(Cc1ccco1)C1CC1. The van der Waals surface area contributed by atoms with E-state index in [9.17, 15) is 0 Å². The Balaban J connectivity index is 1.72. The first kappa shape index (κ1) is 14.6. The van der Waals surface area contributed by atoms with Crippen LogP contribution >= 0.6 is 0 Å². The van der Waals surface area contributed by atoms with E-state index < -0.39 is 0 Å². The first-order chi connectivity index (χ1) is 9.31. The molecule has 108 valence electrons. The molecule has 0 aliphatic heterocycles. The predicted molar refractivity (Wildman–Crippen MR) is 76.1 cm³/mol. The van der Waals surface area contributed by atoms with Gasteiger partial charge in [-0.15, -0.1) is 0 Å². The standard InChI is InChI=1S/C15H26N2O2/c1-13(11-16-8-4-9-18-2)17(14-6-7-14)12-15-5-3-10-19-15/h3,5,10,13-14,16H,4,6-9,11-12H2,1-2H3. The van der Waals surface area contributed by atoms with Crippen molar-refractivity contribution < 1.29 is 9.15 Å². The van der Waals surface area contributed by atoms with Crippen LogP contribution < -0.4 is 5.32 Å². The van der Waals surface area contributed by atoms with Crippen LogP contribution in [0.5, 0.6) is 0 Å². The molecular formula is C15H26N2O2. The van der Waals surface area contributed by atoms with Crippen molar-refractivity contribution in [1.82, 2.24) is 10.2 Å². The molecule has 1 aliphatic rings. The van der Waals surface area contributed by atoms with Gasteiger partial charge in [-0.05, 0) is 44.9 Å². The summed E-state index contributed by atoms with van der Waals surface area (Å²) in [6.45, 7) is 6.11. The number of hydrogen-bond donors (Lipinski definition) is 1. The lowest BCUT2D eigenvalue weighted by Gasteiger charge is -2.28. The van der Waals surface area contributed by atoms with E-state index in [1.807, 2.05) is 6.07 Å². The van der Waals surface area contributed by atoms with Crippen molar-refractivity contribution in [3.05, 3.63) is 24.2 Å². The highest BCUT2D eigenvalue weighted by molar-refractivity contribution is 5.00. The topological polar surface area (TPSA) is 37.6 Å². The molecule has 0 amide bonds. The van der Waals surface area contributed by atoms with E-state index in [1.165, 1.54) is 12.8 Å². The van der Waals surface area contributed by atoms with E-state index in [2.05, 4.69) is 23.2 Å². The Hall–Kier alpha value is -0.840. The highest BCUT2D eigenvalue weighted by Gasteiger charge is 2.32. The lowest BCUT2D eigenvalue weighted by molar-refractivity contribution is 0.167. The Labute approximate surface area is 116 Å². The highest BCUT2D eigenvalue weighted by Crippen LogP contribution is 2.30. The van der Waals surface area contributed by atoms with Gasteiger partial charge in [-0.1, -0.05) is 0 Å². The second-order valence-corrected chi connectivity index (χ2v) is 5.38. The van der Waals surface area contributed by atoms with Gasteiger partial charge in [-0.25, -0.2) is 0 Å². The van der Waals surface area contributed by atoms with Crippen LogP contribution in [-0.2, 0) is 11.3 Å². The van der Waals surface area contributed by atoms with Gasteiger partial charge in [0.2, 0.25) is 0 Å². The molecule has 1 fully saturated rings. The molecule has 1 aromatic rings. The minimum absolute atomic E-state index is 0.542. The molecule has 1 heterocycles. The molecule has 1 aliphatic carbocycles. The molecule has 1 unspecified atom stereocenters. The molecule has 4 nitrogen and oxygen atoms in total. The van der Waals surface area contributed by atoms with Crippen molar-refractivity contribution in [2.45, 2.75) is 44.8 Å². The number of nitrogens with zero attached hydrogens (tertiary/aromatic N) is 1. The van der Waals surface area contributed by atoms with Crippen LogP contribution in [0.1, 0.15) is 31.9 Å².